The van der Waals surface area contributed by atoms with E-state index in [1.165, 1.54) is 6.08 Å². The van der Waals surface area contributed by atoms with Gasteiger partial charge in [-0.15, -0.1) is 0 Å². The van der Waals surface area contributed by atoms with Crippen LogP contribution in [0.1, 0.15) is 25.3 Å². The first-order valence-electron chi connectivity index (χ1n) is 7.51. The number of hydrogen-bond donors (Lipinski definition) is 1. The van der Waals surface area contributed by atoms with E-state index in [1.54, 1.807) is 35.2 Å². The van der Waals surface area contributed by atoms with E-state index >= 15 is 0 Å². The van der Waals surface area contributed by atoms with Gasteiger partial charge in [-0.2, -0.15) is 0 Å². The van der Waals surface area contributed by atoms with Crippen molar-refractivity contribution in [2.45, 2.75) is 19.8 Å². The summed E-state index contributed by atoms with van der Waals surface area (Å²) in [6.07, 6.45) is 7.67. The van der Waals surface area contributed by atoms with Crippen LogP contribution in [0, 0.1) is 5.41 Å². The summed E-state index contributed by atoms with van der Waals surface area (Å²) >= 11 is 0. The maximum atomic E-state index is 12.3. The minimum Gasteiger partial charge on any atom is -0.481 e. The van der Waals surface area contributed by atoms with Crippen LogP contribution in [0.2, 0.25) is 0 Å². The summed E-state index contributed by atoms with van der Waals surface area (Å²) < 4.78 is 0. The quantitative estimate of drug-likeness (QED) is 0.841. The Morgan fingerprint density at radius 1 is 1.35 bits per heavy atom. The molecule has 1 amide bonds. The van der Waals surface area contributed by atoms with Crippen LogP contribution in [0.25, 0.3) is 6.08 Å². The molecule has 124 valence electrons. The highest BCUT2D eigenvalue weighted by atomic mass is 16.4. The third kappa shape index (κ3) is 4.06. The summed E-state index contributed by atoms with van der Waals surface area (Å²) in [5.41, 5.74) is -0.139. The number of amides is 1. The summed E-state index contributed by atoms with van der Waals surface area (Å²) in [5.74, 6) is -0.442. The van der Waals surface area contributed by atoms with Gasteiger partial charge in [0, 0.05) is 51.2 Å². The molecular formula is C16H22N4O3. The van der Waals surface area contributed by atoms with Gasteiger partial charge in [0.1, 0.15) is 0 Å². The van der Waals surface area contributed by atoms with Crippen LogP contribution < -0.4 is 4.90 Å². The Labute approximate surface area is 135 Å². The zero-order chi connectivity index (χ0) is 17.0. The number of aromatic nitrogens is 2. The van der Waals surface area contributed by atoms with Gasteiger partial charge in [-0.1, -0.05) is 0 Å². The Balaban J connectivity index is 2.02. The number of carboxylic acid groups (broad SMARTS) is 1. The van der Waals surface area contributed by atoms with E-state index in [0.29, 0.717) is 25.3 Å². The molecule has 0 aromatic carbocycles. The molecule has 0 aliphatic carbocycles. The molecule has 1 aromatic rings. The number of carbonyl (C=O) groups is 2. The van der Waals surface area contributed by atoms with Crippen molar-refractivity contribution in [3.63, 3.8) is 0 Å². The Kier molecular flexibility index (Phi) is 4.98. The fraction of sp³-hybridized carbons (Fsp3) is 0.500. The number of likely N-dealkylation sites (tertiary alicyclic amines) is 1. The number of nitrogens with zero attached hydrogens (tertiary/aromatic N) is 4. The number of hydrogen-bond acceptors (Lipinski definition) is 5. The van der Waals surface area contributed by atoms with Crippen molar-refractivity contribution in [1.29, 1.82) is 0 Å². The summed E-state index contributed by atoms with van der Waals surface area (Å²) in [7, 11) is 3.70. The maximum Gasteiger partial charge on any atom is 0.311 e. The molecule has 0 saturated carbocycles. The number of anilines is 1. The molecule has 1 unspecified atom stereocenters. The standard InChI is InChI=1S/C16H22N4O3/c1-16(14(22)23)7-4-8-20(11-16)13(21)6-5-12-9-17-15(18-10-12)19(2)3/h5-6,9-10H,4,7-8,11H2,1-3H3,(H,22,23)/b6-5+. The summed E-state index contributed by atoms with van der Waals surface area (Å²) in [6.45, 7) is 2.51. The topological polar surface area (TPSA) is 86.6 Å². The van der Waals surface area contributed by atoms with Crippen molar-refractivity contribution in [2.24, 2.45) is 5.41 Å². The van der Waals surface area contributed by atoms with Crippen LogP contribution in [0.5, 0.6) is 0 Å². The van der Waals surface area contributed by atoms with E-state index in [9.17, 15) is 14.7 Å². The van der Waals surface area contributed by atoms with Crippen molar-refractivity contribution >= 4 is 23.9 Å². The van der Waals surface area contributed by atoms with Crippen molar-refractivity contribution in [3.05, 3.63) is 24.0 Å². The zero-order valence-corrected chi connectivity index (χ0v) is 13.7. The second kappa shape index (κ2) is 6.76. The molecule has 1 N–H and O–H groups in total. The molecule has 23 heavy (non-hydrogen) atoms. The smallest absolute Gasteiger partial charge is 0.311 e. The number of carboxylic acids is 1. The minimum absolute atomic E-state index is 0.186. The van der Waals surface area contributed by atoms with Crippen LogP contribution in [0.4, 0.5) is 5.95 Å². The van der Waals surface area contributed by atoms with Crippen molar-refractivity contribution in [1.82, 2.24) is 14.9 Å². The van der Waals surface area contributed by atoms with Gasteiger partial charge in [0.05, 0.1) is 5.41 Å². The van der Waals surface area contributed by atoms with Crippen molar-refractivity contribution in [3.8, 4) is 0 Å². The molecular weight excluding hydrogens is 296 g/mol. The van der Waals surface area contributed by atoms with Crippen molar-refractivity contribution in [2.75, 3.05) is 32.1 Å². The molecule has 0 spiro atoms. The molecule has 1 saturated heterocycles. The summed E-state index contributed by atoms with van der Waals surface area (Å²) in [5, 5.41) is 9.30. The number of rotatable bonds is 4. The first kappa shape index (κ1) is 16.9. The third-order valence-corrected chi connectivity index (χ3v) is 4.00. The second-order valence-electron chi connectivity index (χ2n) is 6.27. The van der Waals surface area contributed by atoms with Gasteiger partial charge >= 0.3 is 5.97 Å². The van der Waals surface area contributed by atoms with Crippen LogP contribution >= 0.6 is 0 Å². The molecule has 1 atom stereocenters. The monoisotopic (exact) mass is 318 g/mol. The average molecular weight is 318 g/mol. The summed E-state index contributed by atoms with van der Waals surface area (Å²) in [6, 6.07) is 0. The predicted molar refractivity (Wildman–Crippen MR) is 86.9 cm³/mol. The van der Waals surface area contributed by atoms with E-state index in [1.807, 2.05) is 14.1 Å². The molecule has 1 aliphatic heterocycles. The van der Waals surface area contributed by atoms with Crippen LogP contribution in [0.3, 0.4) is 0 Å². The van der Waals surface area contributed by atoms with Gasteiger partial charge in [0.15, 0.2) is 0 Å². The van der Waals surface area contributed by atoms with E-state index in [4.69, 9.17) is 0 Å². The lowest BCUT2D eigenvalue weighted by molar-refractivity contribution is -0.152. The molecule has 7 heteroatoms. The highest BCUT2D eigenvalue weighted by molar-refractivity contribution is 5.92. The number of aliphatic carboxylic acids is 1. The Morgan fingerprint density at radius 3 is 2.57 bits per heavy atom. The Morgan fingerprint density at radius 2 is 2.00 bits per heavy atom. The molecule has 1 fully saturated rings. The first-order valence-corrected chi connectivity index (χ1v) is 7.51. The fourth-order valence-corrected chi connectivity index (χ4v) is 2.52. The fourth-order valence-electron chi connectivity index (χ4n) is 2.52. The van der Waals surface area contributed by atoms with Gasteiger partial charge < -0.3 is 14.9 Å². The van der Waals surface area contributed by atoms with Crippen LogP contribution in [-0.4, -0.2) is 59.0 Å². The van der Waals surface area contributed by atoms with E-state index in [0.717, 1.165) is 5.56 Å². The largest absolute Gasteiger partial charge is 0.481 e. The van der Waals surface area contributed by atoms with Gasteiger partial charge in [-0.25, -0.2) is 9.97 Å². The number of carbonyl (C=O) groups excluding carboxylic acids is 1. The molecule has 1 aliphatic rings. The average Bonchev–Trinajstić information content (AvgIpc) is 2.53. The second-order valence-corrected chi connectivity index (χ2v) is 6.27. The molecule has 0 bridgehead atoms. The van der Waals surface area contributed by atoms with E-state index < -0.39 is 11.4 Å². The summed E-state index contributed by atoms with van der Waals surface area (Å²) in [4.78, 5) is 35.3. The SMILES string of the molecule is CN(C)c1ncc(/C=C/C(=O)N2CCCC(C)(C(=O)O)C2)cn1. The van der Waals surface area contributed by atoms with Gasteiger partial charge in [0.25, 0.3) is 0 Å². The molecule has 7 nitrogen and oxygen atoms in total. The van der Waals surface area contributed by atoms with Gasteiger partial charge in [-0.05, 0) is 25.8 Å². The lowest BCUT2D eigenvalue weighted by atomic mass is 9.82. The molecule has 2 rings (SSSR count). The van der Waals surface area contributed by atoms with Crippen molar-refractivity contribution < 1.29 is 14.7 Å². The van der Waals surface area contributed by atoms with Crippen LogP contribution in [-0.2, 0) is 9.59 Å². The van der Waals surface area contributed by atoms with E-state index in [-0.39, 0.29) is 12.5 Å². The lowest BCUT2D eigenvalue weighted by Crippen LogP contribution is -2.47. The number of piperidine rings is 1. The first-order chi connectivity index (χ1) is 10.8. The maximum absolute atomic E-state index is 12.3. The Hall–Kier alpha value is -2.44. The molecule has 2 heterocycles. The zero-order valence-electron chi connectivity index (χ0n) is 13.7. The predicted octanol–water partition coefficient (Wildman–Crippen LogP) is 1.27. The van der Waals surface area contributed by atoms with E-state index in [2.05, 4.69) is 9.97 Å². The highest BCUT2D eigenvalue weighted by Gasteiger charge is 2.38. The normalized spacial score (nSPS) is 21.4. The third-order valence-electron chi connectivity index (χ3n) is 4.00. The Bertz CT molecular complexity index is 612. The van der Waals surface area contributed by atoms with Gasteiger partial charge in [-0.3, -0.25) is 9.59 Å². The molecule has 0 radical (unpaired) electrons. The lowest BCUT2D eigenvalue weighted by Gasteiger charge is -2.37. The molecule has 1 aromatic heterocycles. The van der Waals surface area contributed by atoms with Gasteiger partial charge in [0.2, 0.25) is 11.9 Å². The minimum atomic E-state index is -0.863. The highest BCUT2D eigenvalue weighted by Crippen LogP contribution is 2.29. The van der Waals surface area contributed by atoms with Crippen LogP contribution in [0.15, 0.2) is 18.5 Å².